The second kappa shape index (κ2) is 10.7. The average molecular weight is 336 g/mol. The van der Waals surface area contributed by atoms with E-state index < -0.39 is 0 Å². The Morgan fingerprint density at radius 1 is 0.840 bits per heavy atom. The summed E-state index contributed by atoms with van der Waals surface area (Å²) in [6.07, 6.45) is 4.75. The van der Waals surface area contributed by atoms with Crippen LogP contribution in [0.1, 0.15) is 35.6 Å². The Balaban J connectivity index is 1.72. The minimum atomic E-state index is 0.408. The van der Waals surface area contributed by atoms with E-state index in [9.17, 15) is 0 Å². The summed E-state index contributed by atoms with van der Waals surface area (Å²) in [5.41, 5.74) is 4.60. The number of benzene rings is 2. The minimum absolute atomic E-state index is 0.408. The smallest absolute Gasteiger partial charge is 0.0717 e. The number of hydrogen-bond acceptors (Lipinski definition) is 2. The number of rotatable bonds is 11. The molecular weight excluding hydrogens is 308 g/mol. The zero-order valence-electron chi connectivity index (χ0n) is 15.1. The normalized spacial score (nSPS) is 10.8. The zero-order chi connectivity index (χ0) is 17.9. The summed E-state index contributed by atoms with van der Waals surface area (Å²) < 4.78 is 11.8. The Bertz CT molecular complexity index is 618. The van der Waals surface area contributed by atoms with Crippen LogP contribution in [-0.2, 0) is 22.7 Å². The summed E-state index contributed by atoms with van der Waals surface area (Å²) in [6.45, 7) is 12.4. The SMILES string of the molecule is C=Cc1cccc(COCC(CC)COCc2cccc(C=C)c2)c1. The fourth-order valence-electron chi connectivity index (χ4n) is 2.59. The van der Waals surface area contributed by atoms with Crippen LogP contribution in [0.2, 0.25) is 0 Å². The molecule has 2 rings (SSSR count). The van der Waals surface area contributed by atoms with E-state index >= 15 is 0 Å². The molecule has 2 heteroatoms. The van der Waals surface area contributed by atoms with Crippen LogP contribution in [0.3, 0.4) is 0 Å². The first-order chi connectivity index (χ1) is 12.2. The van der Waals surface area contributed by atoms with Crippen LogP contribution in [0.4, 0.5) is 0 Å². The van der Waals surface area contributed by atoms with Gasteiger partial charge in [-0.25, -0.2) is 0 Å². The third-order valence-corrected chi connectivity index (χ3v) is 4.20. The van der Waals surface area contributed by atoms with Crippen molar-refractivity contribution in [2.45, 2.75) is 26.6 Å². The molecule has 2 aromatic carbocycles. The van der Waals surface area contributed by atoms with Gasteiger partial charge >= 0.3 is 0 Å². The molecule has 0 bridgehead atoms. The maximum absolute atomic E-state index is 5.88. The zero-order valence-corrected chi connectivity index (χ0v) is 15.1. The van der Waals surface area contributed by atoms with E-state index in [0.29, 0.717) is 32.3 Å². The molecule has 0 heterocycles. The van der Waals surface area contributed by atoms with Crippen LogP contribution >= 0.6 is 0 Å². The molecule has 0 aliphatic rings. The molecule has 132 valence electrons. The van der Waals surface area contributed by atoms with Crippen molar-refractivity contribution < 1.29 is 9.47 Å². The van der Waals surface area contributed by atoms with Gasteiger partial charge in [0.05, 0.1) is 26.4 Å². The summed E-state index contributed by atoms with van der Waals surface area (Å²) in [5, 5.41) is 0. The molecule has 0 fully saturated rings. The van der Waals surface area contributed by atoms with Crippen LogP contribution < -0.4 is 0 Å². The third kappa shape index (κ3) is 6.69. The Kier molecular flexibility index (Phi) is 8.17. The first-order valence-corrected chi connectivity index (χ1v) is 8.83. The summed E-state index contributed by atoms with van der Waals surface area (Å²) >= 11 is 0. The van der Waals surface area contributed by atoms with Crippen molar-refractivity contribution in [1.82, 2.24) is 0 Å². The topological polar surface area (TPSA) is 18.5 Å². The molecule has 0 atom stereocenters. The van der Waals surface area contributed by atoms with Gasteiger partial charge in [0.15, 0.2) is 0 Å². The molecule has 0 amide bonds. The molecule has 0 unspecified atom stereocenters. The number of ether oxygens (including phenoxy) is 2. The highest BCUT2D eigenvalue weighted by Crippen LogP contribution is 2.12. The monoisotopic (exact) mass is 336 g/mol. The Labute approximate surface area is 151 Å². The summed E-state index contributed by atoms with van der Waals surface area (Å²) in [7, 11) is 0. The lowest BCUT2D eigenvalue weighted by Gasteiger charge is -2.16. The Morgan fingerprint density at radius 3 is 1.72 bits per heavy atom. The standard InChI is InChI=1S/C23H28O2/c1-4-19-9-7-11-22(13-19)17-24-15-21(6-3)16-25-18-23-12-8-10-20(5-2)14-23/h4-5,7-14,21H,1-2,6,15-18H2,3H3. The third-order valence-electron chi connectivity index (χ3n) is 4.20. The largest absolute Gasteiger partial charge is 0.376 e. The van der Waals surface area contributed by atoms with Crippen molar-refractivity contribution in [1.29, 1.82) is 0 Å². The van der Waals surface area contributed by atoms with E-state index in [1.165, 1.54) is 11.1 Å². The lowest BCUT2D eigenvalue weighted by atomic mass is 10.1. The molecule has 0 N–H and O–H groups in total. The summed E-state index contributed by atoms with van der Waals surface area (Å²) in [6, 6.07) is 16.5. The second-order valence-electron chi connectivity index (χ2n) is 6.20. The van der Waals surface area contributed by atoms with E-state index in [0.717, 1.165) is 17.5 Å². The van der Waals surface area contributed by atoms with Crippen molar-refractivity contribution in [3.8, 4) is 0 Å². The number of hydrogen-bond donors (Lipinski definition) is 0. The average Bonchev–Trinajstić information content (AvgIpc) is 2.67. The van der Waals surface area contributed by atoms with Crippen molar-refractivity contribution in [2.24, 2.45) is 5.92 Å². The Morgan fingerprint density at radius 2 is 1.32 bits per heavy atom. The highest BCUT2D eigenvalue weighted by Gasteiger charge is 2.07. The van der Waals surface area contributed by atoms with Crippen LogP contribution in [0.15, 0.2) is 61.7 Å². The van der Waals surface area contributed by atoms with Crippen molar-refractivity contribution in [2.75, 3.05) is 13.2 Å². The van der Waals surface area contributed by atoms with E-state index in [4.69, 9.17) is 9.47 Å². The van der Waals surface area contributed by atoms with Crippen LogP contribution in [-0.4, -0.2) is 13.2 Å². The van der Waals surface area contributed by atoms with Gasteiger partial charge < -0.3 is 9.47 Å². The molecule has 0 saturated carbocycles. The van der Waals surface area contributed by atoms with E-state index in [2.05, 4.69) is 44.3 Å². The molecule has 0 radical (unpaired) electrons. The molecule has 2 aromatic rings. The highest BCUT2D eigenvalue weighted by atomic mass is 16.5. The molecule has 25 heavy (non-hydrogen) atoms. The van der Waals surface area contributed by atoms with Gasteiger partial charge in [0.2, 0.25) is 0 Å². The Hall–Kier alpha value is -2.16. The predicted octanol–water partition coefficient (Wildman–Crippen LogP) is 5.73. The van der Waals surface area contributed by atoms with Gasteiger partial charge in [-0.3, -0.25) is 0 Å². The van der Waals surface area contributed by atoms with E-state index in [-0.39, 0.29) is 0 Å². The quantitative estimate of drug-likeness (QED) is 0.521. The summed E-state index contributed by atoms with van der Waals surface area (Å²) in [4.78, 5) is 0. The molecule has 0 saturated heterocycles. The van der Waals surface area contributed by atoms with Gasteiger partial charge in [-0.05, 0) is 40.8 Å². The lowest BCUT2D eigenvalue weighted by Crippen LogP contribution is -2.15. The highest BCUT2D eigenvalue weighted by molar-refractivity contribution is 5.48. The van der Waals surface area contributed by atoms with Crippen LogP contribution in [0.5, 0.6) is 0 Å². The van der Waals surface area contributed by atoms with Crippen molar-refractivity contribution >= 4 is 12.2 Å². The van der Waals surface area contributed by atoms with Crippen molar-refractivity contribution in [3.63, 3.8) is 0 Å². The first kappa shape index (κ1) is 19.2. The van der Waals surface area contributed by atoms with E-state index in [1.807, 2.05) is 36.4 Å². The summed E-state index contributed by atoms with van der Waals surface area (Å²) in [5.74, 6) is 0.408. The molecular formula is C23H28O2. The lowest BCUT2D eigenvalue weighted by molar-refractivity contribution is 0.0257. The van der Waals surface area contributed by atoms with E-state index in [1.54, 1.807) is 0 Å². The molecule has 0 spiro atoms. The maximum atomic E-state index is 5.88. The molecule has 0 aliphatic carbocycles. The molecule has 2 nitrogen and oxygen atoms in total. The van der Waals surface area contributed by atoms with Gasteiger partial charge in [-0.1, -0.05) is 68.6 Å². The molecule has 0 aliphatic heterocycles. The second-order valence-corrected chi connectivity index (χ2v) is 6.20. The minimum Gasteiger partial charge on any atom is -0.376 e. The van der Waals surface area contributed by atoms with Gasteiger partial charge in [-0.2, -0.15) is 0 Å². The van der Waals surface area contributed by atoms with Crippen LogP contribution in [0, 0.1) is 5.92 Å². The van der Waals surface area contributed by atoms with Crippen LogP contribution in [0.25, 0.3) is 12.2 Å². The van der Waals surface area contributed by atoms with Gasteiger partial charge in [0.1, 0.15) is 0 Å². The predicted molar refractivity (Wildman–Crippen MR) is 106 cm³/mol. The molecule has 0 aromatic heterocycles. The van der Waals surface area contributed by atoms with Gasteiger partial charge in [0.25, 0.3) is 0 Å². The fourth-order valence-corrected chi connectivity index (χ4v) is 2.59. The van der Waals surface area contributed by atoms with Gasteiger partial charge in [0, 0.05) is 5.92 Å². The fraction of sp³-hybridized carbons (Fsp3) is 0.304. The first-order valence-electron chi connectivity index (χ1n) is 8.83. The maximum Gasteiger partial charge on any atom is 0.0717 e. The van der Waals surface area contributed by atoms with Crippen molar-refractivity contribution in [3.05, 3.63) is 83.9 Å². The van der Waals surface area contributed by atoms with Gasteiger partial charge in [-0.15, -0.1) is 0 Å².